The lowest BCUT2D eigenvalue weighted by Crippen LogP contribution is -2.09. The zero-order valence-electron chi connectivity index (χ0n) is 11.6. The van der Waals surface area contributed by atoms with Gasteiger partial charge in [0.25, 0.3) is 0 Å². The molecule has 3 heteroatoms. The topological polar surface area (TPSA) is 25.2 Å². The lowest BCUT2D eigenvalue weighted by molar-refractivity contribution is 1.07. The van der Waals surface area contributed by atoms with Gasteiger partial charge in [-0.15, -0.1) is 0 Å². The summed E-state index contributed by atoms with van der Waals surface area (Å²) in [5.74, 6) is 0. The SMILES string of the molecule is CCC1=CSc2ccccc2C(c2ncccc2C)=N1. The van der Waals surface area contributed by atoms with Gasteiger partial charge in [-0.3, -0.25) is 4.98 Å². The molecule has 20 heavy (non-hydrogen) atoms. The number of rotatable bonds is 2. The average molecular weight is 280 g/mol. The molecule has 1 aromatic carbocycles. The number of aryl methyl sites for hydroxylation is 1. The van der Waals surface area contributed by atoms with Crippen LogP contribution in [0.3, 0.4) is 0 Å². The standard InChI is InChI=1S/C17H16N2S/c1-3-13-11-20-15-9-5-4-8-14(15)17(19-13)16-12(2)7-6-10-18-16/h4-11H,3H2,1-2H3. The number of hydrogen-bond acceptors (Lipinski definition) is 3. The first-order valence-corrected chi connectivity index (χ1v) is 7.63. The summed E-state index contributed by atoms with van der Waals surface area (Å²) >= 11 is 1.74. The Morgan fingerprint density at radius 3 is 2.75 bits per heavy atom. The Morgan fingerprint density at radius 2 is 1.95 bits per heavy atom. The Labute approximate surface area is 123 Å². The van der Waals surface area contributed by atoms with E-state index in [4.69, 9.17) is 4.99 Å². The molecule has 2 nitrogen and oxygen atoms in total. The van der Waals surface area contributed by atoms with Gasteiger partial charge in [-0.05, 0) is 36.4 Å². The van der Waals surface area contributed by atoms with Crippen molar-refractivity contribution in [3.63, 3.8) is 0 Å². The van der Waals surface area contributed by atoms with Crippen LogP contribution in [-0.4, -0.2) is 10.7 Å². The van der Waals surface area contributed by atoms with Crippen molar-refractivity contribution >= 4 is 17.5 Å². The minimum atomic E-state index is 0.927. The van der Waals surface area contributed by atoms with Gasteiger partial charge < -0.3 is 0 Å². The predicted molar refractivity (Wildman–Crippen MR) is 85.3 cm³/mol. The summed E-state index contributed by atoms with van der Waals surface area (Å²) in [4.78, 5) is 10.6. The monoisotopic (exact) mass is 280 g/mol. The third-order valence-corrected chi connectivity index (χ3v) is 4.32. The van der Waals surface area contributed by atoms with Crippen molar-refractivity contribution < 1.29 is 0 Å². The van der Waals surface area contributed by atoms with Crippen molar-refractivity contribution in [3.05, 3.63) is 70.5 Å². The van der Waals surface area contributed by atoms with Crippen LogP contribution in [0.15, 0.2) is 63.6 Å². The van der Waals surface area contributed by atoms with Gasteiger partial charge in [0.1, 0.15) is 0 Å². The first-order valence-electron chi connectivity index (χ1n) is 6.75. The number of fused-ring (bicyclic) bond motifs is 1. The van der Waals surface area contributed by atoms with Crippen LogP contribution in [0, 0.1) is 6.92 Å². The molecule has 0 fully saturated rings. The van der Waals surface area contributed by atoms with E-state index in [9.17, 15) is 0 Å². The second-order valence-corrected chi connectivity index (χ2v) is 5.62. The Morgan fingerprint density at radius 1 is 1.10 bits per heavy atom. The minimum absolute atomic E-state index is 0.927. The molecular formula is C17H16N2S. The summed E-state index contributed by atoms with van der Waals surface area (Å²) < 4.78 is 0. The van der Waals surface area contributed by atoms with Crippen LogP contribution in [0.2, 0.25) is 0 Å². The largest absolute Gasteiger partial charge is 0.254 e. The molecule has 0 aliphatic carbocycles. The Bertz CT molecular complexity index is 702. The lowest BCUT2D eigenvalue weighted by Gasteiger charge is -2.10. The van der Waals surface area contributed by atoms with Crippen LogP contribution in [0.25, 0.3) is 0 Å². The molecule has 0 amide bonds. The molecule has 0 N–H and O–H groups in total. The number of thioether (sulfide) groups is 1. The van der Waals surface area contributed by atoms with E-state index in [1.807, 2.05) is 12.3 Å². The summed E-state index contributed by atoms with van der Waals surface area (Å²) in [7, 11) is 0. The maximum atomic E-state index is 4.86. The predicted octanol–water partition coefficient (Wildman–Crippen LogP) is 4.58. The Balaban J connectivity index is 2.23. The van der Waals surface area contributed by atoms with Crippen molar-refractivity contribution in [3.8, 4) is 0 Å². The molecule has 0 saturated heterocycles. The maximum absolute atomic E-state index is 4.86. The van der Waals surface area contributed by atoms with Crippen molar-refractivity contribution in [1.29, 1.82) is 0 Å². The molecule has 2 aromatic rings. The lowest BCUT2D eigenvalue weighted by atomic mass is 10.0. The van der Waals surface area contributed by atoms with Crippen molar-refractivity contribution in [1.82, 2.24) is 4.98 Å². The normalized spacial score (nSPS) is 14.1. The molecule has 0 unspecified atom stereocenters. The van der Waals surface area contributed by atoms with E-state index in [-0.39, 0.29) is 0 Å². The first kappa shape index (κ1) is 13.1. The highest BCUT2D eigenvalue weighted by atomic mass is 32.2. The fraction of sp³-hybridized carbons (Fsp3) is 0.176. The number of aliphatic imine (C=N–C) groups is 1. The Hall–Kier alpha value is -1.87. The summed E-state index contributed by atoms with van der Waals surface area (Å²) in [6.45, 7) is 4.22. The molecule has 1 aromatic heterocycles. The van der Waals surface area contributed by atoms with Gasteiger partial charge in [0.2, 0.25) is 0 Å². The van der Waals surface area contributed by atoms with Crippen molar-refractivity contribution in [2.75, 3.05) is 0 Å². The maximum Gasteiger partial charge on any atom is 0.0975 e. The number of hydrogen-bond donors (Lipinski definition) is 0. The second-order valence-electron chi connectivity index (χ2n) is 4.71. The van der Waals surface area contributed by atoms with Gasteiger partial charge in [-0.2, -0.15) is 0 Å². The number of pyridine rings is 1. The molecule has 0 radical (unpaired) electrons. The highest BCUT2D eigenvalue weighted by Crippen LogP contribution is 2.31. The smallest absolute Gasteiger partial charge is 0.0975 e. The highest BCUT2D eigenvalue weighted by molar-refractivity contribution is 8.02. The summed E-state index contributed by atoms with van der Waals surface area (Å²) in [5, 5.41) is 2.14. The number of nitrogens with zero attached hydrogens (tertiary/aromatic N) is 2. The molecule has 1 aliphatic rings. The zero-order chi connectivity index (χ0) is 13.9. The molecule has 0 bridgehead atoms. The quantitative estimate of drug-likeness (QED) is 0.804. The van der Waals surface area contributed by atoms with E-state index in [1.165, 1.54) is 10.5 Å². The fourth-order valence-corrected chi connectivity index (χ4v) is 3.13. The summed E-state index contributed by atoms with van der Waals surface area (Å²) in [5.41, 5.74) is 5.38. The van der Waals surface area contributed by atoms with E-state index in [1.54, 1.807) is 11.8 Å². The van der Waals surface area contributed by atoms with Crippen LogP contribution in [-0.2, 0) is 0 Å². The van der Waals surface area contributed by atoms with Gasteiger partial charge >= 0.3 is 0 Å². The van der Waals surface area contributed by atoms with Gasteiger partial charge in [0.15, 0.2) is 0 Å². The van der Waals surface area contributed by atoms with Crippen LogP contribution in [0.5, 0.6) is 0 Å². The first-order chi connectivity index (χ1) is 9.79. The second kappa shape index (κ2) is 5.63. The van der Waals surface area contributed by atoms with E-state index in [0.29, 0.717) is 0 Å². The molecule has 0 saturated carbocycles. The van der Waals surface area contributed by atoms with E-state index in [2.05, 4.69) is 54.6 Å². The minimum Gasteiger partial charge on any atom is -0.254 e. The molecule has 0 atom stereocenters. The van der Waals surface area contributed by atoms with Crippen molar-refractivity contribution in [2.24, 2.45) is 4.99 Å². The molecule has 100 valence electrons. The van der Waals surface area contributed by atoms with Gasteiger partial charge in [-0.25, -0.2) is 4.99 Å². The molecule has 2 heterocycles. The number of aromatic nitrogens is 1. The molecule has 3 rings (SSSR count). The van der Waals surface area contributed by atoms with Crippen LogP contribution >= 0.6 is 11.8 Å². The zero-order valence-corrected chi connectivity index (χ0v) is 12.4. The highest BCUT2D eigenvalue weighted by Gasteiger charge is 2.17. The van der Waals surface area contributed by atoms with Gasteiger partial charge in [0, 0.05) is 22.4 Å². The third kappa shape index (κ3) is 2.41. The third-order valence-electron chi connectivity index (χ3n) is 3.32. The fourth-order valence-electron chi connectivity index (χ4n) is 2.20. The van der Waals surface area contributed by atoms with Crippen molar-refractivity contribution in [2.45, 2.75) is 25.2 Å². The van der Waals surface area contributed by atoms with Gasteiger partial charge in [-0.1, -0.05) is 43.0 Å². The number of allylic oxidation sites excluding steroid dienone is 1. The summed E-state index contributed by atoms with van der Waals surface area (Å²) in [6.07, 6.45) is 2.76. The molecule has 0 spiro atoms. The van der Waals surface area contributed by atoms with Crippen LogP contribution in [0.4, 0.5) is 0 Å². The molecular weight excluding hydrogens is 264 g/mol. The van der Waals surface area contributed by atoms with Crippen LogP contribution < -0.4 is 0 Å². The number of benzene rings is 1. The van der Waals surface area contributed by atoms with E-state index in [0.717, 1.165) is 29.1 Å². The molecule has 1 aliphatic heterocycles. The Kier molecular flexibility index (Phi) is 3.70. The average Bonchev–Trinajstić information content (AvgIpc) is 2.67. The summed E-state index contributed by atoms with van der Waals surface area (Å²) in [6, 6.07) is 12.4. The van der Waals surface area contributed by atoms with Crippen LogP contribution in [0.1, 0.15) is 30.2 Å². The van der Waals surface area contributed by atoms with E-state index >= 15 is 0 Å². The van der Waals surface area contributed by atoms with E-state index < -0.39 is 0 Å². The van der Waals surface area contributed by atoms with Gasteiger partial charge in [0.05, 0.1) is 11.4 Å².